The Kier molecular flexibility index (Phi) is 3.26. The molecule has 8 heteroatoms. The van der Waals surface area contributed by atoms with Gasteiger partial charge in [0, 0.05) is 17.0 Å². The third-order valence-electron chi connectivity index (χ3n) is 3.00. The normalized spacial score (nSPS) is 21.9. The van der Waals surface area contributed by atoms with Crippen molar-refractivity contribution in [1.29, 1.82) is 0 Å². The molecule has 0 atom stereocenters. The molecule has 0 radical (unpaired) electrons. The maximum atomic E-state index is 11.7. The second kappa shape index (κ2) is 5.06. The molecule has 0 aromatic carbocycles. The average Bonchev–Trinajstić information content (AvgIpc) is 2.96. The van der Waals surface area contributed by atoms with E-state index in [2.05, 4.69) is 20.7 Å². The van der Waals surface area contributed by atoms with Crippen LogP contribution in [0, 0.1) is 0 Å². The molecule has 0 aliphatic heterocycles. The lowest BCUT2D eigenvalue weighted by atomic mass is 9.89. The Balaban J connectivity index is 1.56. The molecule has 100 valence electrons. The largest absolute Gasteiger partial charge is 0.393 e. The van der Waals surface area contributed by atoms with Gasteiger partial charge in [-0.3, -0.25) is 4.79 Å². The van der Waals surface area contributed by atoms with Gasteiger partial charge < -0.3 is 10.4 Å². The quantitative estimate of drug-likeness (QED) is 0.824. The molecule has 2 N–H and O–H groups in total. The lowest BCUT2D eigenvalue weighted by Gasteiger charge is -2.31. The first-order valence-corrected chi connectivity index (χ1v) is 6.93. The van der Waals surface area contributed by atoms with Crippen molar-refractivity contribution in [3.63, 3.8) is 0 Å². The zero-order chi connectivity index (χ0) is 13.2. The van der Waals surface area contributed by atoms with Crippen molar-refractivity contribution in [2.75, 3.05) is 0 Å². The highest BCUT2D eigenvalue weighted by Crippen LogP contribution is 2.19. The third kappa shape index (κ3) is 2.79. The van der Waals surface area contributed by atoms with Gasteiger partial charge in [0.2, 0.25) is 11.7 Å². The molecule has 2 aromatic rings. The summed E-state index contributed by atoms with van der Waals surface area (Å²) in [6, 6.07) is 1.98. The standard InChI is InChI=1S/C11H13N5O2S/c17-9-3-8(4-9)12-10(18)5-16-14-11(13-15-16)7-1-2-19-6-7/h1-2,6,8-9,17H,3-5H2,(H,12,18). The van der Waals surface area contributed by atoms with Crippen LogP contribution < -0.4 is 5.32 Å². The molecule has 0 bridgehead atoms. The second-order valence-corrected chi connectivity index (χ2v) is 5.33. The van der Waals surface area contributed by atoms with Crippen molar-refractivity contribution in [2.24, 2.45) is 0 Å². The zero-order valence-corrected chi connectivity index (χ0v) is 10.9. The number of tetrazole rings is 1. The summed E-state index contributed by atoms with van der Waals surface area (Å²) in [4.78, 5) is 13.0. The van der Waals surface area contributed by atoms with Gasteiger partial charge in [-0.1, -0.05) is 0 Å². The van der Waals surface area contributed by atoms with Crippen molar-refractivity contribution in [1.82, 2.24) is 25.5 Å². The number of aliphatic hydroxyl groups excluding tert-OH is 1. The minimum Gasteiger partial charge on any atom is -0.393 e. The van der Waals surface area contributed by atoms with Crippen molar-refractivity contribution in [2.45, 2.75) is 31.5 Å². The fraction of sp³-hybridized carbons (Fsp3) is 0.455. The predicted molar refractivity (Wildman–Crippen MR) is 68.3 cm³/mol. The molecule has 2 heterocycles. The molecular weight excluding hydrogens is 266 g/mol. The summed E-state index contributed by atoms with van der Waals surface area (Å²) in [7, 11) is 0. The number of thiophene rings is 1. The number of nitrogens with zero attached hydrogens (tertiary/aromatic N) is 4. The monoisotopic (exact) mass is 279 g/mol. The van der Waals surface area contributed by atoms with Crippen LogP contribution in [-0.2, 0) is 11.3 Å². The van der Waals surface area contributed by atoms with E-state index in [1.165, 1.54) is 4.80 Å². The Hall–Kier alpha value is -1.80. The number of rotatable bonds is 4. The van der Waals surface area contributed by atoms with Crippen LogP contribution in [0.1, 0.15) is 12.8 Å². The summed E-state index contributed by atoms with van der Waals surface area (Å²) in [5.74, 6) is 0.360. The lowest BCUT2D eigenvalue weighted by Crippen LogP contribution is -2.47. The zero-order valence-electron chi connectivity index (χ0n) is 10.1. The molecule has 1 aliphatic carbocycles. The Morgan fingerprint density at radius 2 is 2.42 bits per heavy atom. The molecule has 0 unspecified atom stereocenters. The number of aliphatic hydroxyl groups is 1. The Morgan fingerprint density at radius 1 is 1.58 bits per heavy atom. The van der Waals surface area contributed by atoms with Crippen LogP contribution in [0.2, 0.25) is 0 Å². The Morgan fingerprint density at radius 3 is 3.11 bits per heavy atom. The Labute approximate surface area is 113 Å². The van der Waals surface area contributed by atoms with E-state index in [9.17, 15) is 4.79 Å². The number of carbonyl (C=O) groups is 1. The van der Waals surface area contributed by atoms with E-state index in [1.807, 2.05) is 16.8 Å². The summed E-state index contributed by atoms with van der Waals surface area (Å²) < 4.78 is 0. The summed E-state index contributed by atoms with van der Waals surface area (Å²) in [5, 5.41) is 27.7. The highest BCUT2D eigenvalue weighted by molar-refractivity contribution is 7.08. The SMILES string of the molecule is O=C(Cn1nnc(-c2ccsc2)n1)NC1CC(O)C1. The van der Waals surface area contributed by atoms with Crippen molar-refractivity contribution in [3.8, 4) is 11.4 Å². The van der Waals surface area contributed by atoms with Gasteiger partial charge in [-0.05, 0) is 29.5 Å². The van der Waals surface area contributed by atoms with Crippen LogP contribution in [0.25, 0.3) is 11.4 Å². The van der Waals surface area contributed by atoms with Gasteiger partial charge in [-0.15, -0.1) is 10.2 Å². The van der Waals surface area contributed by atoms with E-state index in [-0.39, 0.29) is 24.6 Å². The molecule has 19 heavy (non-hydrogen) atoms. The molecule has 0 saturated heterocycles. The molecule has 1 saturated carbocycles. The first-order valence-electron chi connectivity index (χ1n) is 5.98. The van der Waals surface area contributed by atoms with Gasteiger partial charge in [0.05, 0.1) is 6.10 Å². The van der Waals surface area contributed by atoms with Crippen LogP contribution in [0.3, 0.4) is 0 Å². The molecule has 1 amide bonds. The molecule has 2 aromatic heterocycles. The lowest BCUT2D eigenvalue weighted by molar-refractivity contribution is -0.124. The summed E-state index contributed by atoms with van der Waals surface area (Å²) in [5.41, 5.74) is 0.902. The van der Waals surface area contributed by atoms with Crippen molar-refractivity contribution >= 4 is 17.2 Å². The molecule has 7 nitrogen and oxygen atoms in total. The summed E-state index contributed by atoms with van der Waals surface area (Å²) >= 11 is 1.56. The van der Waals surface area contributed by atoms with Gasteiger partial charge in [-0.25, -0.2) is 0 Å². The predicted octanol–water partition coefficient (Wildman–Crippen LogP) is 0.0411. The van der Waals surface area contributed by atoms with E-state index in [0.29, 0.717) is 18.7 Å². The number of aromatic nitrogens is 4. The van der Waals surface area contributed by atoms with Crippen LogP contribution in [-0.4, -0.2) is 43.4 Å². The topological polar surface area (TPSA) is 92.9 Å². The van der Waals surface area contributed by atoms with Gasteiger partial charge in [0.15, 0.2) is 0 Å². The fourth-order valence-electron chi connectivity index (χ4n) is 1.92. The molecular formula is C11H13N5O2S. The molecule has 1 aliphatic rings. The minimum absolute atomic E-state index is 0.0454. The number of hydrogen-bond acceptors (Lipinski definition) is 6. The van der Waals surface area contributed by atoms with E-state index in [0.717, 1.165) is 5.56 Å². The van der Waals surface area contributed by atoms with Gasteiger partial charge in [-0.2, -0.15) is 16.1 Å². The number of carbonyl (C=O) groups excluding carboxylic acids is 1. The van der Waals surface area contributed by atoms with E-state index < -0.39 is 0 Å². The summed E-state index contributed by atoms with van der Waals surface area (Å²) in [6.07, 6.45) is 0.966. The second-order valence-electron chi connectivity index (χ2n) is 4.55. The molecule has 1 fully saturated rings. The maximum Gasteiger partial charge on any atom is 0.243 e. The van der Waals surface area contributed by atoms with Crippen molar-refractivity contribution in [3.05, 3.63) is 16.8 Å². The molecule has 0 spiro atoms. The first kappa shape index (κ1) is 12.2. The van der Waals surface area contributed by atoms with Gasteiger partial charge in [0.1, 0.15) is 6.54 Å². The van der Waals surface area contributed by atoms with Crippen molar-refractivity contribution < 1.29 is 9.90 Å². The maximum absolute atomic E-state index is 11.7. The van der Waals surface area contributed by atoms with Crippen LogP contribution >= 0.6 is 11.3 Å². The number of hydrogen-bond donors (Lipinski definition) is 2. The third-order valence-corrected chi connectivity index (χ3v) is 3.68. The first-order chi connectivity index (χ1) is 9.20. The average molecular weight is 279 g/mol. The highest BCUT2D eigenvalue weighted by atomic mass is 32.1. The van der Waals surface area contributed by atoms with Gasteiger partial charge >= 0.3 is 0 Å². The summed E-state index contributed by atoms with van der Waals surface area (Å²) in [6.45, 7) is 0.0454. The smallest absolute Gasteiger partial charge is 0.243 e. The van der Waals surface area contributed by atoms with E-state index >= 15 is 0 Å². The van der Waals surface area contributed by atoms with E-state index in [4.69, 9.17) is 5.11 Å². The van der Waals surface area contributed by atoms with Crippen LogP contribution in [0.15, 0.2) is 16.8 Å². The van der Waals surface area contributed by atoms with Gasteiger partial charge in [0.25, 0.3) is 0 Å². The van der Waals surface area contributed by atoms with Crippen LogP contribution in [0.4, 0.5) is 0 Å². The number of amides is 1. The highest BCUT2D eigenvalue weighted by Gasteiger charge is 2.28. The van der Waals surface area contributed by atoms with Crippen LogP contribution in [0.5, 0.6) is 0 Å². The number of nitrogens with one attached hydrogen (secondary N) is 1. The Bertz CT molecular complexity index is 561. The minimum atomic E-state index is -0.278. The van der Waals surface area contributed by atoms with E-state index in [1.54, 1.807) is 11.3 Å². The fourth-order valence-corrected chi connectivity index (χ4v) is 2.56. The molecule has 3 rings (SSSR count).